The average Bonchev–Trinajstić information content (AvgIpc) is 2.89. The number of rotatable bonds is 7. The predicted molar refractivity (Wildman–Crippen MR) is 136 cm³/mol. The van der Waals surface area contributed by atoms with Crippen LogP contribution >= 0.6 is 0 Å². The molecule has 0 aliphatic carbocycles. The Kier molecular flexibility index (Phi) is 6.29. The van der Waals surface area contributed by atoms with Crippen LogP contribution in [0.1, 0.15) is 34.8 Å². The molecular formula is C28H27N5O. The molecule has 2 aromatic heterocycles. The van der Waals surface area contributed by atoms with E-state index in [0.29, 0.717) is 17.2 Å². The first-order valence-corrected chi connectivity index (χ1v) is 11.7. The second kappa shape index (κ2) is 9.83. The van der Waals surface area contributed by atoms with Gasteiger partial charge >= 0.3 is 0 Å². The zero-order chi connectivity index (χ0) is 23.3. The Morgan fingerprint density at radius 3 is 2.53 bits per heavy atom. The third kappa shape index (κ3) is 4.66. The summed E-state index contributed by atoms with van der Waals surface area (Å²) in [7, 11) is 0. The Balaban J connectivity index is 1.44. The number of carbonyl (C=O) groups is 1. The third-order valence-corrected chi connectivity index (χ3v) is 6.05. The largest absolute Gasteiger partial charge is 0.354 e. The fraction of sp³-hybridized carbons (Fsp3) is 0.214. The lowest BCUT2D eigenvalue weighted by molar-refractivity contribution is 0.101. The van der Waals surface area contributed by atoms with Crippen molar-refractivity contribution >= 4 is 23.4 Å². The molecule has 0 radical (unpaired) electrons. The number of anilines is 3. The molecule has 3 heterocycles. The molecule has 0 saturated carbocycles. The maximum absolute atomic E-state index is 12.4. The van der Waals surface area contributed by atoms with E-state index in [1.807, 2.05) is 48.5 Å². The lowest BCUT2D eigenvalue weighted by atomic mass is 9.97. The molecule has 1 aliphatic heterocycles. The van der Waals surface area contributed by atoms with Gasteiger partial charge in [-0.2, -0.15) is 4.98 Å². The fourth-order valence-corrected chi connectivity index (χ4v) is 4.35. The van der Waals surface area contributed by atoms with Crippen LogP contribution in [-0.2, 0) is 12.8 Å². The van der Waals surface area contributed by atoms with Gasteiger partial charge in [0.2, 0.25) is 5.95 Å². The van der Waals surface area contributed by atoms with Gasteiger partial charge in [-0.25, -0.2) is 9.97 Å². The Morgan fingerprint density at radius 1 is 1.00 bits per heavy atom. The van der Waals surface area contributed by atoms with Crippen LogP contribution in [-0.4, -0.2) is 33.8 Å². The smallest absolute Gasteiger partial charge is 0.224 e. The summed E-state index contributed by atoms with van der Waals surface area (Å²) in [6.07, 6.45) is 4.54. The van der Waals surface area contributed by atoms with Gasteiger partial charge in [-0.15, -0.1) is 0 Å². The van der Waals surface area contributed by atoms with Crippen molar-refractivity contribution in [1.29, 1.82) is 0 Å². The maximum atomic E-state index is 12.4. The van der Waals surface area contributed by atoms with E-state index >= 15 is 0 Å². The summed E-state index contributed by atoms with van der Waals surface area (Å²) in [4.78, 5) is 28.8. The Bertz CT molecular complexity index is 1290. The summed E-state index contributed by atoms with van der Waals surface area (Å²) < 4.78 is 0. The fourth-order valence-electron chi connectivity index (χ4n) is 4.35. The Labute approximate surface area is 199 Å². The van der Waals surface area contributed by atoms with Gasteiger partial charge < -0.3 is 10.2 Å². The molecule has 0 saturated heterocycles. The standard InChI is InChI=1S/C28H27N5O/c1-20(34)24-19-23-13-8-18-33(27(23)32-26(24)22-11-6-3-7-12-22)25-15-17-30-28(31-25)29-16-14-21-9-4-2-5-10-21/h2-7,9-12,15,17,19H,8,13-14,16,18H2,1H3,(H,29,30,31). The number of hydrogen-bond donors (Lipinski definition) is 1. The SMILES string of the molecule is CC(=O)c1cc2c(nc1-c1ccccc1)N(c1ccnc(NCCc3ccccc3)n1)CCC2. The van der Waals surface area contributed by atoms with Gasteiger partial charge in [0.15, 0.2) is 5.78 Å². The van der Waals surface area contributed by atoms with E-state index in [1.54, 1.807) is 13.1 Å². The van der Waals surface area contributed by atoms with Crippen LogP contribution in [0.3, 0.4) is 0 Å². The molecule has 170 valence electrons. The van der Waals surface area contributed by atoms with Gasteiger partial charge in [0.1, 0.15) is 11.6 Å². The normalized spacial score (nSPS) is 12.8. The molecule has 34 heavy (non-hydrogen) atoms. The summed E-state index contributed by atoms with van der Waals surface area (Å²) in [5, 5.41) is 3.34. The number of aryl methyl sites for hydroxylation is 1. The van der Waals surface area contributed by atoms with Gasteiger partial charge in [0, 0.05) is 30.4 Å². The van der Waals surface area contributed by atoms with Crippen molar-refractivity contribution in [2.75, 3.05) is 23.3 Å². The number of carbonyl (C=O) groups excluding carboxylic acids is 1. The molecule has 2 aromatic carbocycles. The minimum atomic E-state index is 0.0261. The highest BCUT2D eigenvalue weighted by atomic mass is 16.1. The summed E-state index contributed by atoms with van der Waals surface area (Å²) in [5.41, 5.74) is 4.67. The van der Waals surface area contributed by atoms with Crippen molar-refractivity contribution in [3.8, 4) is 11.3 Å². The summed E-state index contributed by atoms with van der Waals surface area (Å²) in [5.74, 6) is 2.30. The second-order valence-electron chi connectivity index (χ2n) is 8.45. The van der Waals surface area contributed by atoms with E-state index in [-0.39, 0.29) is 5.78 Å². The number of benzene rings is 2. The number of hydrogen-bond acceptors (Lipinski definition) is 6. The number of nitrogens with zero attached hydrogens (tertiary/aromatic N) is 4. The minimum Gasteiger partial charge on any atom is -0.354 e. The summed E-state index contributed by atoms with van der Waals surface area (Å²) in [6.45, 7) is 3.17. The summed E-state index contributed by atoms with van der Waals surface area (Å²) >= 11 is 0. The highest BCUT2D eigenvalue weighted by Crippen LogP contribution is 2.35. The van der Waals surface area contributed by atoms with Crippen LogP contribution in [0.5, 0.6) is 0 Å². The van der Waals surface area contributed by atoms with Gasteiger partial charge in [-0.1, -0.05) is 60.7 Å². The number of nitrogens with one attached hydrogen (secondary N) is 1. The molecule has 6 nitrogen and oxygen atoms in total. The molecule has 6 heteroatoms. The number of pyridine rings is 1. The van der Waals surface area contributed by atoms with Gasteiger partial charge in [-0.05, 0) is 49.4 Å². The molecule has 0 unspecified atom stereocenters. The summed E-state index contributed by atoms with van der Waals surface area (Å²) in [6, 6.07) is 24.2. The van der Waals surface area contributed by atoms with Crippen molar-refractivity contribution < 1.29 is 4.79 Å². The van der Waals surface area contributed by atoms with Crippen LogP contribution in [0.15, 0.2) is 79.0 Å². The molecule has 0 spiro atoms. The molecule has 0 bridgehead atoms. The monoisotopic (exact) mass is 449 g/mol. The van der Waals surface area contributed by atoms with E-state index < -0.39 is 0 Å². The van der Waals surface area contributed by atoms with Gasteiger partial charge in [0.05, 0.1) is 5.69 Å². The third-order valence-electron chi connectivity index (χ3n) is 6.05. The van der Waals surface area contributed by atoms with Crippen LogP contribution in [0.4, 0.5) is 17.6 Å². The first-order valence-electron chi connectivity index (χ1n) is 11.7. The molecule has 1 aliphatic rings. The van der Waals surface area contributed by atoms with Crippen LogP contribution in [0.2, 0.25) is 0 Å². The minimum absolute atomic E-state index is 0.0261. The quantitative estimate of drug-likeness (QED) is 0.377. The van der Waals surface area contributed by atoms with Crippen molar-refractivity contribution in [2.24, 2.45) is 0 Å². The van der Waals surface area contributed by atoms with Crippen LogP contribution in [0.25, 0.3) is 11.3 Å². The first kappa shape index (κ1) is 21.8. The van der Waals surface area contributed by atoms with Crippen molar-refractivity contribution in [2.45, 2.75) is 26.2 Å². The predicted octanol–water partition coefficient (Wildman–Crippen LogP) is 5.48. The second-order valence-corrected chi connectivity index (χ2v) is 8.45. The van der Waals surface area contributed by atoms with E-state index in [2.05, 4.69) is 39.5 Å². The van der Waals surface area contributed by atoms with E-state index in [0.717, 1.165) is 55.1 Å². The zero-order valence-electron chi connectivity index (χ0n) is 19.2. The van der Waals surface area contributed by atoms with E-state index in [9.17, 15) is 4.79 Å². The highest BCUT2D eigenvalue weighted by Gasteiger charge is 2.25. The maximum Gasteiger partial charge on any atom is 0.224 e. The molecule has 4 aromatic rings. The van der Waals surface area contributed by atoms with Crippen LogP contribution in [0, 0.1) is 0 Å². The highest BCUT2D eigenvalue weighted by molar-refractivity contribution is 6.00. The lowest BCUT2D eigenvalue weighted by Crippen LogP contribution is -2.27. The zero-order valence-corrected chi connectivity index (χ0v) is 19.2. The van der Waals surface area contributed by atoms with Gasteiger partial charge in [-0.3, -0.25) is 4.79 Å². The van der Waals surface area contributed by atoms with Gasteiger partial charge in [0.25, 0.3) is 0 Å². The van der Waals surface area contributed by atoms with Crippen molar-refractivity contribution in [1.82, 2.24) is 15.0 Å². The number of Topliss-reactive ketones (excluding diaryl/α,β-unsaturated/α-hetero) is 1. The molecule has 1 N–H and O–H groups in total. The molecule has 5 rings (SSSR count). The van der Waals surface area contributed by atoms with Crippen LogP contribution < -0.4 is 10.2 Å². The average molecular weight is 450 g/mol. The van der Waals surface area contributed by atoms with E-state index in [1.165, 1.54) is 5.56 Å². The lowest BCUT2D eigenvalue weighted by Gasteiger charge is -2.30. The molecule has 0 atom stereocenters. The molecular weight excluding hydrogens is 422 g/mol. The number of aromatic nitrogens is 3. The van der Waals surface area contributed by atoms with E-state index in [4.69, 9.17) is 9.97 Å². The van der Waals surface area contributed by atoms with Crippen molar-refractivity contribution in [3.05, 3.63) is 95.7 Å². The first-order chi connectivity index (χ1) is 16.7. The van der Waals surface area contributed by atoms with Crippen molar-refractivity contribution in [3.63, 3.8) is 0 Å². The topological polar surface area (TPSA) is 71.0 Å². The molecule has 0 fully saturated rings. The Hall–Kier alpha value is -4.06. The Morgan fingerprint density at radius 2 is 1.76 bits per heavy atom. The number of ketones is 1. The number of fused-ring (bicyclic) bond motifs is 1. The molecule has 0 amide bonds.